The van der Waals surface area contributed by atoms with E-state index in [1.54, 1.807) is 22.8 Å². The number of rotatable bonds is 7. The number of halogens is 1. The molecule has 0 atom stereocenters. The first kappa shape index (κ1) is 22.8. The molecule has 35 heavy (non-hydrogen) atoms. The topological polar surface area (TPSA) is 108 Å². The molecule has 0 saturated carbocycles. The van der Waals surface area contributed by atoms with E-state index >= 15 is 0 Å². The van der Waals surface area contributed by atoms with Crippen LogP contribution in [-0.4, -0.2) is 30.2 Å². The maximum atomic E-state index is 13.6. The number of aromatic nitrogens is 5. The van der Waals surface area contributed by atoms with Crippen molar-refractivity contribution in [2.45, 2.75) is 39.8 Å². The second-order valence-corrected chi connectivity index (χ2v) is 8.70. The Bertz CT molecular complexity index is 1620. The molecule has 9 nitrogen and oxygen atoms in total. The van der Waals surface area contributed by atoms with Crippen LogP contribution < -0.4 is 10.9 Å². The molecule has 2 aromatic carbocycles. The summed E-state index contributed by atoms with van der Waals surface area (Å²) in [5.74, 6) is 0.647. The Morgan fingerprint density at radius 1 is 1.17 bits per heavy atom. The van der Waals surface area contributed by atoms with Gasteiger partial charge in [0.25, 0.3) is 5.56 Å². The van der Waals surface area contributed by atoms with Crippen LogP contribution in [0.1, 0.15) is 30.6 Å². The zero-order valence-corrected chi connectivity index (χ0v) is 20.0. The number of carbonyl (C=O) groups is 1. The van der Waals surface area contributed by atoms with Crippen LogP contribution in [0.4, 0.5) is 5.69 Å². The summed E-state index contributed by atoms with van der Waals surface area (Å²) in [5.41, 5.74) is 2.71. The lowest BCUT2D eigenvalue weighted by Crippen LogP contribution is -2.25. The minimum Gasteiger partial charge on any atom is -0.337 e. The largest absolute Gasteiger partial charge is 0.337 e. The summed E-state index contributed by atoms with van der Waals surface area (Å²) in [6, 6.07) is 12.8. The van der Waals surface area contributed by atoms with E-state index in [-0.39, 0.29) is 24.6 Å². The lowest BCUT2D eigenvalue weighted by Gasteiger charge is -2.11. The van der Waals surface area contributed by atoms with Crippen LogP contribution in [0.3, 0.4) is 0 Å². The molecule has 3 heterocycles. The van der Waals surface area contributed by atoms with E-state index in [1.165, 1.54) is 10.9 Å². The Kier molecular flexibility index (Phi) is 6.08. The van der Waals surface area contributed by atoms with Crippen LogP contribution >= 0.6 is 11.6 Å². The Morgan fingerprint density at radius 2 is 2.00 bits per heavy atom. The van der Waals surface area contributed by atoms with Crippen LogP contribution in [0, 0.1) is 6.92 Å². The SMILES string of the molecule is CCCc1noc(Cn2cnc3c4ccccc4n(CC(=O)Nc4cccc(Cl)c4C)c3c2=O)n1. The second-order valence-electron chi connectivity index (χ2n) is 8.29. The second kappa shape index (κ2) is 9.34. The van der Waals surface area contributed by atoms with E-state index < -0.39 is 0 Å². The van der Waals surface area contributed by atoms with Gasteiger partial charge in [-0.15, -0.1) is 0 Å². The summed E-state index contributed by atoms with van der Waals surface area (Å²) < 4.78 is 8.41. The van der Waals surface area contributed by atoms with Crippen molar-refractivity contribution in [1.29, 1.82) is 0 Å². The van der Waals surface area contributed by atoms with Crippen molar-refractivity contribution in [3.05, 3.63) is 81.4 Å². The average molecular weight is 491 g/mol. The number of nitrogens with zero attached hydrogens (tertiary/aromatic N) is 5. The predicted molar refractivity (Wildman–Crippen MR) is 134 cm³/mol. The van der Waals surface area contributed by atoms with Gasteiger partial charge in [0.2, 0.25) is 11.8 Å². The Balaban J connectivity index is 1.54. The van der Waals surface area contributed by atoms with Gasteiger partial charge in [-0.2, -0.15) is 4.98 Å². The van der Waals surface area contributed by atoms with Crippen molar-refractivity contribution in [3.63, 3.8) is 0 Å². The minimum absolute atomic E-state index is 0.0713. The normalized spacial score (nSPS) is 11.4. The highest BCUT2D eigenvalue weighted by Crippen LogP contribution is 2.26. The Morgan fingerprint density at radius 3 is 2.83 bits per heavy atom. The van der Waals surface area contributed by atoms with Gasteiger partial charge in [0.15, 0.2) is 5.82 Å². The van der Waals surface area contributed by atoms with E-state index in [4.69, 9.17) is 16.1 Å². The molecule has 1 N–H and O–H groups in total. The fourth-order valence-electron chi connectivity index (χ4n) is 4.13. The molecule has 0 aliphatic heterocycles. The molecule has 178 valence electrons. The summed E-state index contributed by atoms with van der Waals surface area (Å²) in [4.78, 5) is 35.5. The molecule has 0 spiro atoms. The van der Waals surface area contributed by atoms with Gasteiger partial charge in [-0.1, -0.05) is 47.9 Å². The van der Waals surface area contributed by atoms with Gasteiger partial charge in [-0.25, -0.2) is 4.98 Å². The number of hydrogen-bond donors (Lipinski definition) is 1. The first-order chi connectivity index (χ1) is 17.0. The summed E-state index contributed by atoms with van der Waals surface area (Å²) in [5, 5.41) is 8.21. The molecule has 0 saturated heterocycles. The van der Waals surface area contributed by atoms with Crippen LogP contribution in [0.2, 0.25) is 5.02 Å². The monoisotopic (exact) mass is 490 g/mol. The molecule has 5 aromatic rings. The maximum Gasteiger partial charge on any atom is 0.278 e. The van der Waals surface area contributed by atoms with Gasteiger partial charge in [0.1, 0.15) is 24.1 Å². The summed E-state index contributed by atoms with van der Waals surface area (Å²) in [6.45, 7) is 3.89. The number of anilines is 1. The highest BCUT2D eigenvalue weighted by Gasteiger charge is 2.19. The van der Waals surface area contributed by atoms with E-state index in [0.717, 1.165) is 22.9 Å². The van der Waals surface area contributed by atoms with E-state index in [2.05, 4.69) is 20.4 Å². The third-order valence-corrected chi connectivity index (χ3v) is 6.28. The number of carbonyl (C=O) groups excluding carboxylic acids is 1. The third kappa shape index (κ3) is 4.30. The molecule has 0 aliphatic rings. The van der Waals surface area contributed by atoms with Crippen LogP contribution in [0.15, 0.2) is 58.1 Å². The van der Waals surface area contributed by atoms with Gasteiger partial charge in [0.05, 0.1) is 11.8 Å². The first-order valence-electron chi connectivity index (χ1n) is 11.3. The van der Waals surface area contributed by atoms with E-state index in [0.29, 0.717) is 39.9 Å². The highest BCUT2D eigenvalue weighted by atomic mass is 35.5. The number of hydrogen-bond acceptors (Lipinski definition) is 6. The van der Waals surface area contributed by atoms with Crippen LogP contribution in [0.25, 0.3) is 21.9 Å². The fraction of sp³-hybridized carbons (Fsp3) is 0.240. The molecule has 0 fully saturated rings. The van der Waals surface area contributed by atoms with Crippen molar-refractivity contribution in [2.75, 3.05) is 5.32 Å². The van der Waals surface area contributed by atoms with Crippen molar-refractivity contribution in [2.24, 2.45) is 0 Å². The van der Waals surface area contributed by atoms with Gasteiger partial charge in [-0.05, 0) is 37.1 Å². The number of benzene rings is 2. The van der Waals surface area contributed by atoms with Crippen molar-refractivity contribution in [1.82, 2.24) is 24.3 Å². The molecular formula is C25H23ClN6O3. The molecular weight excluding hydrogens is 468 g/mol. The zero-order chi connectivity index (χ0) is 24.5. The van der Waals surface area contributed by atoms with Crippen molar-refractivity contribution in [3.8, 4) is 0 Å². The van der Waals surface area contributed by atoms with Crippen LogP contribution in [0.5, 0.6) is 0 Å². The zero-order valence-electron chi connectivity index (χ0n) is 19.3. The molecule has 3 aromatic heterocycles. The molecule has 0 unspecified atom stereocenters. The molecule has 1 amide bonds. The van der Waals surface area contributed by atoms with Crippen molar-refractivity contribution >= 4 is 45.1 Å². The van der Waals surface area contributed by atoms with Gasteiger partial charge < -0.3 is 14.4 Å². The molecule has 5 rings (SSSR count). The first-order valence-corrected chi connectivity index (χ1v) is 11.7. The van der Waals surface area contributed by atoms with Gasteiger partial charge in [-0.3, -0.25) is 14.2 Å². The standard InChI is InChI=1S/C25H23ClN6O3/c1-3-7-20-29-22(35-30-20)13-31-14-27-23-16-8-4-5-11-19(16)32(24(23)25(31)34)12-21(33)28-18-10-6-9-17(26)15(18)2/h4-6,8-11,14H,3,7,12-13H2,1-2H3,(H,28,33). The predicted octanol–water partition coefficient (Wildman–Crippen LogP) is 4.34. The molecule has 0 aliphatic carbocycles. The van der Waals surface area contributed by atoms with Gasteiger partial charge >= 0.3 is 0 Å². The Hall–Kier alpha value is -3.98. The number of aryl methyl sites for hydroxylation is 1. The number of nitrogens with one attached hydrogen (secondary N) is 1. The van der Waals surface area contributed by atoms with Crippen LogP contribution in [-0.2, 0) is 24.3 Å². The quantitative estimate of drug-likeness (QED) is 0.363. The third-order valence-electron chi connectivity index (χ3n) is 5.87. The molecule has 10 heteroatoms. The maximum absolute atomic E-state index is 13.6. The average Bonchev–Trinajstić information content (AvgIpc) is 3.42. The minimum atomic E-state index is -0.298. The van der Waals surface area contributed by atoms with Crippen molar-refractivity contribution < 1.29 is 9.32 Å². The molecule has 0 radical (unpaired) electrons. The van der Waals surface area contributed by atoms with E-state index in [1.807, 2.05) is 38.1 Å². The summed E-state index contributed by atoms with van der Waals surface area (Å²) in [7, 11) is 0. The number of fused-ring (bicyclic) bond motifs is 3. The van der Waals surface area contributed by atoms with E-state index in [9.17, 15) is 9.59 Å². The Labute approximate surface area is 205 Å². The number of para-hydroxylation sites is 1. The molecule has 0 bridgehead atoms. The lowest BCUT2D eigenvalue weighted by molar-refractivity contribution is -0.116. The smallest absolute Gasteiger partial charge is 0.278 e. The summed E-state index contributed by atoms with van der Waals surface area (Å²) >= 11 is 6.19. The lowest BCUT2D eigenvalue weighted by atomic mass is 10.2. The highest BCUT2D eigenvalue weighted by molar-refractivity contribution is 6.31. The fourth-order valence-corrected chi connectivity index (χ4v) is 4.30. The summed E-state index contributed by atoms with van der Waals surface area (Å²) in [6.07, 6.45) is 3.06. The number of amides is 1. The van der Waals surface area contributed by atoms with Gasteiger partial charge in [0, 0.05) is 22.5 Å².